The number of aryl methyl sites for hydroxylation is 1. The third-order valence-corrected chi connectivity index (χ3v) is 5.86. The highest BCUT2D eigenvalue weighted by atomic mass is 19.1. The van der Waals surface area contributed by atoms with Crippen LogP contribution < -0.4 is 14.5 Å². The zero-order chi connectivity index (χ0) is 21.1. The smallest absolute Gasteiger partial charge is 0.228 e. The molecule has 30 heavy (non-hydrogen) atoms. The molecule has 0 saturated carbocycles. The predicted octanol–water partition coefficient (Wildman–Crippen LogP) is 2.50. The van der Waals surface area contributed by atoms with Crippen molar-refractivity contribution < 1.29 is 13.9 Å². The fraction of sp³-hybridized carbons (Fsp3) is 0.500. The van der Waals surface area contributed by atoms with E-state index in [0.29, 0.717) is 31.5 Å². The van der Waals surface area contributed by atoms with Crippen LogP contribution in [0, 0.1) is 18.7 Å². The van der Waals surface area contributed by atoms with E-state index in [0.717, 1.165) is 43.9 Å². The summed E-state index contributed by atoms with van der Waals surface area (Å²) < 4.78 is 18.4. The van der Waals surface area contributed by atoms with E-state index in [1.54, 1.807) is 25.3 Å². The Morgan fingerprint density at radius 3 is 2.50 bits per heavy atom. The van der Waals surface area contributed by atoms with Crippen LogP contribution >= 0.6 is 0 Å². The van der Waals surface area contributed by atoms with Crippen molar-refractivity contribution in [3.05, 3.63) is 41.8 Å². The van der Waals surface area contributed by atoms with Crippen molar-refractivity contribution in [3.8, 4) is 5.88 Å². The summed E-state index contributed by atoms with van der Waals surface area (Å²) in [5, 5.41) is 0. The first-order valence-electron chi connectivity index (χ1n) is 10.5. The van der Waals surface area contributed by atoms with Crippen LogP contribution in [0.2, 0.25) is 0 Å². The van der Waals surface area contributed by atoms with Crippen molar-refractivity contribution in [2.75, 3.05) is 56.2 Å². The lowest BCUT2D eigenvalue weighted by atomic mass is 9.96. The van der Waals surface area contributed by atoms with Gasteiger partial charge in [0.15, 0.2) is 0 Å². The molecule has 3 heterocycles. The van der Waals surface area contributed by atoms with E-state index in [1.807, 2.05) is 11.8 Å². The van der Waals surface area contributed by atoms with Gasteiger partial charge in [0.25, 0.3) is 0 Å². The van der Waals surface area contributed by atoms with Crippen molar-refractivity contribution >= 4 is 17.5 Å². The quantitative estimate of drug-likeness (QED) is 0.768. The van der Waals surface area contributed by atoms with Crippen LogP contribution in [0.25, 0.3) is 0 Å². The highest BCUT2D eigenvalue weighted by Crippen LogP contribution is 2.25. The number of hydrogen-bond acceptors (Lipinski definition) is 6. The maximum absolute atomic E-state index is 13.2. The van der Waals surface area contributed by atoms with Gasteiger partial charge >= 0.3 is 0 Å². The van der Waals surface area contributed by atoms with E-state index >= 15 is 0 Å². The number of carbonyl (C=O) groups excluding carboxylic acids is 1. The first-order valence-corrected chi connectivity index (χ1v) is 10.5. The van der Waals surface area contributed by atoms with Crippen LogP contribution in [-0.2, 0) is 4.79 Å². The number of methoxy groups -OCH3 is 1. The Bertz CT molecular complexity index is 884. The molecule has 2 saturated heterocycles. The molecule has 1 aromatic heterocycles. The molecule has 7 nitrogen and oxygen atoms in total. The number of ether oxygens (including phenoxy) is 1. The fourth-order valence-corrected chi connectivity index (χ4v) is 4.23. The van der Waals surface area contributed by atoms with Gasteiger partial charge in [-0.25, -0.2) is 9.37 Å². The number of amides is 1. The molecule has 1 aromatic carbocycles. The zero-order valence-electron chi connectivity index (χ0n) is 17.6. The second-order valence-electron chi connectivity index (χ2n) is 7.93. The summed E-state index contributed by atoms with van der Waals surface area (Å²) in [5.41, 5.74) is 1.85. The Labute approximate surface area is 176 Å². The minimum absolute atomic E-state index is 0.0498. The van der Waals surface area contributed by atoms with Gasteiger partial charge in [0.2, 0.25) is 17.7 Å². The molecule has 0 bridgehead atoms. The van der Waals surface area contributed by atoms with Crippen LogP contribution in [0.4, 0.5) is 16.0 Å². The SMILES string of the molecule is COc1cc(C)nc(N2CCCC(C(=O)N3CCN(c4ccc(F)cc4)CC3)C2)n1. The van der Waals surface area contributed by atoms with Gasteiger partial charge in [-0.3, -0.25) is 4.79 Å². The summed E-state index contributed by atoms with van der Waals surface area (Å²) >= 11 is 0. The van der Waals surface area contributed by atoms with Crippen LogP contribution in [0.5, 0.6) is 5.88 Å². The summed E-state index contributed by atoms with van der Waals surface area (Å²) in [7, 11) is 1.60. The Balaban J connectivity index is 1.37. The van der Waals surface area contributed by atoms with Gasteiger partial charge in [-0.05, 0) is 44.0 Å². The van der Waals surface area contributed by atoms with Crippen molar-refractivity contribution in [1.82, 2.24) is 14.9 Å². The topological polar surface area (TPSA) is 61.8 Å². The Morgan fingerprint density at radius 2 is 1.80 bits per heavy atom. The van der Waals surface area contributed by atoms with Crippen LogP contribution in [0.15, 0.2) is 30.3 Å². The summed E-state index contributed by atoms with van der Waals surface area (Å²) in [4.78, 5) is 28.4. The maximum Gasteiger partial charge on any atom is 0.228 e. The molecule has 0 radical (unpaired) electrons. The van der Waals surface area contributed by atoms with Crippen LogP contribution in [0.1, 0.15) is 18.5 Å². The van der Waals surface area contributed by atoms with E-state index < -0.39 is 0 Å². The third-order valence-electron chi connectivity index (χ3n) is 5.86. The van der Waals surface area contributed by atoms with Crippen molar-refractivity contribution in [3.63, 3.8) is 0 Å². The van der Waals surface area contributed by atoms with Crippen LogP contribution in [-0.4, -0.2) is 67.2 Å². The number of piperidine rings is 1. The lowest BCUT2D eigenvalue weighted by Crippen LogP contribution is -2.52. The second kappa shape index (κ2) is 8.85. The molecule has 2 aliphatic rings. The van der Waals surface area contributed by atoms with Gasteiger partial charge in [0.1, 0.15) is 5.82 Å². The molecule has 2 fully saturated rings. The number of halogens is 1. The minimum atomic E-state index is -0.232. The molecular weight excluding hydrogens is 385 g/mol. The lowest BCUT2D eigenvalue weighted by Gasteiger charge is -2.39. The van der Waals surface area contributed by atoms with E-state index in [4.69, 9.17) is 4.74 Å². The van der Waals surface area contributed by atoms with Crippen molar-refractivity contribution in [2.45, 2.75) is 19.8 Å². The molecule has 2 aliphatic heterocycles. The molecule has 8 heteroatoms. The number of aromatic nitrogens is 2. The maximum atomic E-state index is 13.2. The van der Waals surface area contributed by atoms with Gasteiger partial charge in [-0.15, -0.1) is 0 Å². The van der Waals surface area contributed by atoms with E-state index in [9.17, 15) is 9.18 Å². The number of piperazine rings is 1. The predicted molar refractivity (Wildman–Crippen MR) is 113 cm³/mol. The number of carbonyl (C=O) groups is 1. The average molecular weight is 413 g/mol. The summed E-state index contributed by atoms with van der Waals surface area (Å²) in [5.74, 6) is 1.10. The molecule has 4 rings (SSSR count). The summed E-state index contributed by atoms with van der Waals surface area (Å²) in [6.45, 7) is 6.26. The lowest BCUT2D eigenvalue weighted by molar-refractivity contribution is -0.136. The molecule has 0 N–H and O–H groups in total. The molecule has 1 unspecified atom stereocenters. The minimum Gasteiger partial charge on any atom is -0.481 e. The first kappa shape index (κ1) is 20.4. The highest BCUT2D eigenvalue weighted by molar-refractivity contribution is 5.80. The van der Waals surface area contributed by atoms with Crippen molar-refractivity contribution in [1.29, 1.82) is 0 Å². The van der Waals surface area contributed by atoms with Crippen LogP contribution in [0.3, 0.4) is 0 Å². The second-order valence-corrected chi connectivity index (χ2v) is 7.93. The van der Waals surface area contributed by atoms with E-state index in [2.05, 4.69) is 19.8 Å². The number of benzene rings is 1. The van der Waals surface area contributed by atoms with Gasteiger partial charge < -0.3 is 19.4 Å². The summed E-state index contributed by atoms with van der Waals surface area (Å²) in [6, 6.07) is 8.35. The Kier molecular flexibility index (Phi) is 6.01. The molecular formula is C22H28FN5O2. The number of anilines is 2. The molecule has 0 spiro atoms. The average Bonchev–Trinajstić information content (AvgIpc) is 2.79. The highest BCUT2D eigenvalue weighted by Gasteiger charge is 2.32. The monoisotopic (exact) mass is 413 g/mol. The molecule has 160 valence electrons. The molecule has 0 aliphatic carbocycles. The van der Waals surface area contributed by atoms with Gasteiger partial charge in [0.05, 0.1) is 13.0 Å². The molecule has 1 amide bonds. The largest absolute Gasteiger partial charge is 0.481 e. The molecule has 1 atom stereocenters. The Hall–Kier alpha value is -2.90. The zero-order valence-corrected chi connectivity index (χ0v) is 17.6. The third kappa shape index (κ3) is 4.47. The van der Waals surface area contributed by atoms with Gasteiger partial charge in [-0.1, -0.05) is 0 Å². The van der Waals surface area contributed by atoms with E-state index in [-0.39, 0.29) is 17.6 Å². The normalized spacial score (nSPS) is 19.7. The van der Waals surface area contributed by atoms with E-state index in [1.165, 1.54) is 12.1 Å². The van der Waals surface area contributed by atoms with Gasteiger partial charge in [-0.2, -0.15) is 4.98 Å². The number of rotatable bonds is 4. The number of nitrogens with zero attached hydrogens (tertiary/aromatic N) is 5. The van der Waals surface area contributed by atoms with Gasteiger partial charge in [0, 0.05) is 56.7 Å². The fourth-order valence-electron chi connectivity index (χ4n) is 4.23. The first-order chi connectivity index (χ1) is 14.5. The standard InChI is InChI=1S/C22H28FN5O2/c1-16-14-20(30-2)25-22(24-16)28-9-3-4-17(15-28)21(29)27-12-10-26(11-13-27)19-7-5-18(23)6-8-19/h5-8,14,17H,3-4,9-13,15H2,1-2H3. The number of hydrogen-bond donors (Lipinski definition) is 0. The Morgan fingerprint density at radius 1 is 1.07 bits per heavy atom. The molecule has 2 aromatic rings. The summed E-state index contributed by atoms with van der Waals surface area (Å²) in [6.07, 6.45) is 1.82. The van der Waals surface area contributed by atoms with Crippen molar-refractivity contribution in [2.24, 2.45) is 5.92 Å².